The van der Waals surface area contributed by atoms with E-state index in [-0.39, 0.29) is 0 Å². The second kappa shape index (κ2) is 12.2. The van der Waals surface area contributed by atoms with Crippen molar-refractivity contribution in [2.75, 3.05) is 0 Å². The smallest absolute Gasteiger partial charge is 0.164 e. The Kier molecular flexibility index (Phi) is 7.10. The molecule has 0 fully saturated rings. The maximum Gasteiger partial charge on any atom is 0.164 e. The van der Waals surface area contributed by atoms with Crippen LogP contribution >= 0.6 is 0 Å². The Morgan fingerprint density at radius 2 is 0.633 bits per heavy atom. The second-order valence-corrected chi connectivity index (χ2v) is 12.1. The monoisotopic (exact) mass is 627 g/mol. The third-order valence-corrected chi connectivity index (χ3v) is 8.97. The van der Waals surface area contributed by atoms with Gasteiger partial charge in [-0.15, -0.1) is 0 Å². The summed E-state index contributed by atoms with van der Waals surface area (Å²) in [5, 5.41) is 2.23. The fourth-order valence-corrected chi connectivity index (χ4v) is 6.37. The molecule has 230 valence electrons. The van der Waals surface area contributed by atoms with Crippen molar-refractivity contribution in [3.8, 4) is 67.5 Å². The molecule has 0 spiro atoms. The lowest BCUT2D eigenvalue weighted by Gasteiger charge is -2.10. The molecule has 0 unspecified atom stereocenters. The third-order valence-electron chi connectivity index (χ3n) is 8.97. The molecule has 0 saturated carbocycles. The van der Waals surface area contributed by atoms with Crippen LogP contribution in [0.15, 0.2) is 180 Å². The standard InChI is InChI=1S/C45H29N3O/c1-4-10-30(11-5-1)32-16-20-35(21-17-32)44-46-43(34-14-8-3-9-15-34)47-45(48-44)36-22-18-33(19-23-36)38-24-26-39-40-28-37(31-12-6-2-7-13-31)25-27-41(40)49-42(39)29-38/h1-29H. The molecular formula is C45H29N3O. The summed E-state index contributed by atoms with van der Waals surface area (Å²) in [4.78, 5) is 14.8. The average molecular weight is 628 g/mol. The molecule has 0 bridgehead atoms. The van der Waals surface area contributed by atoms with Gasteiger partial charge in [-0.25, -0.2) is 15.0 Å². The third kappa shape index (κ3) is 5.56. The summed E-state index contributed by atoms with van der Waals surface area (Å²) in [6, 6.07) is 60.5. The second-order valence-electron chi connectivity index (χ2n) is 12.1. The Hall–Kier alpha value is -6.65. The van der Waals surface area contributed by atoms with E-state index in [1.165, 1.54) is 16.7 Å². The van der Waals surface area contributed by atoms with Crippen LogP contribution in [0, 0.1) is 0 Å². The normalized spacial score (nSPS) is 11.3. The van der Waals surface area contributed by atoms with Crippen LogP contribution in [-0.2, 0) is 0 Å². The molecule has 0 N–H and O–H groups in total. The number of hydrogen-bond donors (Lipinski definition) is 0. The van der Waals surface area contributed by atoms with Crippen LogP contribution in [0.4, 0.5) is 0 Å². The average Bonchev–Trinajstić information content (AvgIpc) is 3.56. The van der Waals surface area contributed by atoms with Crippen molar-refractivity contribution in [1.29, 1.82) is 0 Å². The summed E-state index contributed by atoms with van der Waals surface area (Å²) in [6.45, 7) is 0. The van der Waals surface area contributed by atoms with Gasteiger partial charge in [-0.1, -0.05) is 152 Å². The van der Waals surface area contributed by atoms with Crippen LogP contribution < -0.4 is 0 Å². The van der Waals surface area contributed by atoms with Gasteiger partial charge in [0.25, 0.3) is 0 Å². The maximum atomic E-state index is 6.31. The Balaban J connectivity index is 1.06. The molecular weight excluding hydrogens is 599 g/mol. The number of rotatable bonds is 6. The highest BCUT2D eigenvalue weighted by molar-refractivity contribution is 6.07. The van der Waals surface area contributed by atoms with Gasteiger partial charge in [-0.3, -0.25) is 0 Å². The van der Waals surface area contributed by atoms with Crippen LogP contribution in [-0.4, -0.2) is 15.0 Å². The van der Waals surface area contributed by atoms with E-state index >= 15 is 0 Å². The Labute approximate surface area is 284 Å². The van der Waals surface area contributed by atoms with E-state index in [0.717, 1.165) is 55.3 Å². The van der Waals surface area contributed by atoms with Crippen LogP contribution in [0.3, 0.4) is 0 Å². The van der Waals surface area contributed by atoms with Gasteiger partial charge in [0.1, 0.15) is 11.2 Å². The highest BCUT2D eigenvalue weighted by atomic mass is 16.3. The molecule has 4 nitrogen and oxygen atoms in total. The number of benzene rings is 7. The molecule has 49 heavy (non-hydrogen) atoms. The maximum absolute atomic E-state index is 6.31. The molecule has 0 radical (unpaired) electrons. The Morgan fingerprint density at radius 1 is 0.265 bits per heavy atom. The zero-order chi connectivity index (χ0) is 32.6. The predicted molar refractivity (Wildman–Crippen MR) is 200 cm³/mol. The predicted octanol–water partition coefficient (Wildman–Crippen LogP) is 11.8. The van der Waals surface area contributed by atoms with Gasteiger partial charge in [0.15, 0.2) is 17.5 Å². The summed E-state index contributed by atoms with van der Waals surface area (Å²) in [7, 11) is 0. The van der Waals surface area contributed by atoms with E-state index in [4.69, 9.17) is 19.4 Å². The van der Waals surface area contributed by atoms with Crippen molar-refractivity contribution in [1.82, 2.24) is 15.0 Å². The minimum absolute atomic E-state index is 0.629. The van der Waals surface area contributed by atoms with Gasteiger partial charge in [0.2, 0.25) is 0 Å². The van der Waals surface area contributed by atoms with Gasteiger partial charge in [0.05, 0.1) is 0 Å². The molecule has 2 aromatic heterocycles. The van der Waals surface area contributed by atoms with Crippen molar-refractivity contribution in [2.45, 2.75) is 0 Å². The first-order valence-electron chi connectivity index (χ1n) is 16.4. The van der Waals surface area contributed by atoms with Crippen molar-refractivity contribution < 1.29 is 4.42 Å². The molecule has 0 aliphatic rings. The van der Waals surface area contributed by atoms with Gasteiger partial charge in [-0.05, 0) is 57.6 Å². The van der Waals surface area contributed by atoms with Crippen LogP contribution in [0.5, 0.6) is 0 Å². The Morgan fingerprint density at radius 3 is 1.18 bits per heavy atom. The first-order chi connectivity index (χ1) is 24.2. The molecule has 0 amide bonds. The summed E-state index contributed by atoms with van der Waals surface area (Å²) < 4.78 is 6.31. The summed E-state index contributed by atoms with van der Waals surface area (Å²) in [6.07, 6.45) is 0. The summed E-state index contributed by atoms with van der Waals surface area (Å²) in [5.41, 5.74) is 11.4. The first-order valence-corrected chi connectivity index (χ1v) is 16.4. The fourth-order valence-electron chi connectivity index (χ4n) is 6.37. The van der Waals surface area contributed by atoms with Crippen molar-refractivity contribution in [2.24, 2.45) is 0 Å². The Bertz CT molecular complexity index is 2560. The molecule has 0 atom stereocenters. The number of aromatic nitrogens is 3. The van der Waals surface area contributed by atoms with E-state index in [0.29, 0.717) is 17.5 Å². The molecule has 0 saturated heterocycles. The molecule has 9 rings (SSSR count). The van der Waals surface area contributed by atoms with Crippen LogP contribution in [0.2, 0.25) is 0 Å². The summed E-state index contributed by atoms with van der Waals surface area (Å²) >= 11 is 0. The quantitative estimate of drug-likeness (QED) is 0.184. The van der Waals surface area contributed by atoms with E-state index in [1.54, 1.807) is 0 Å². The molecule has 0 aliphatic heterocycles. The number of hydrogen-bond acceptors (Lipinski definition) is 4. The van der Waals surface area contributed by atoms with Gasteiger partial charge in [-0.2, -0.15) is 0 Å². The van der Waals surface area contributed by atoms with Crippen LogP contribution in [0.1, 0.15) is 0 Å². The first kappa shape index (κ1) is 28.6. The zero-order valence-electron chi connectivity index (χ0n) is 26.5. The summed E-state index contributed by atoms with van der Waals surface area (Å²) in [5.74, 6) is 1.91. The van der Waals surface area contributed by atoms with Gasteiger partial charge >= 0.3 is 0 Å². The molecule has 4 heteroatoms. The molecule has 9 aromatic rings. The lowest BCUT2D eigenvalue weighted by Crippen LogP contribution is -2.00. The lowest BCUT2D eigenvalue weighted by atomic mass is 10.0. The van der Waals surface area contributed by atoms with Gasteiger partial charge in [0, 0.05) is 27.5 Å². The van der Waals surface area contributed by atoms with Crippen molar-refractivity contribution in [3.63, 3.8) is 0 Å². The highest BCUT2D eigenvalue weighted by Gasteiger charge is 2.14. The van der Waals surface area contributed by atoms with Crippen LogP contribution in [0.25, 0.3) is 89.5 Å². The fraction of sp³-hybridized carbons (Fsp3) is 0. The van der Waals surface area contributed by atoms with Gasteiger partial charge < -0.3 is 4.42 Å². The number of fused-ring (bicyclic) bond motifs is 3. The minimum atomic E-state index is 0.629. The highest BCUT2D eigenvalue weighted by Crippen LogP contribution is 2.35. The number of nitrogens with zero attached hydrogens (tertiary/aromatic N) is 3. The van der Waals surface area contributed by atoms with E-state index < -0.39 is 0 Å². The van der Waals surface area contributed by atoms with Crippen molar-refractivity contribution in [3.05, 3.63) is 176 Å². The molecule has 7 aromatic carbocycles. The largest absolute Gasteiger partial charge is 0.456 e. The van der Waals surface area contributed by atoms with E-state index in [1.807, 2.05) is 42.5 Å². The molecule has 2 heterocycles. The van der Waals surface area contributed by atoms with Crippen molar-refractivity contribution >= 4 is 21.9 Å². The zero-order valence-corrected chi connectivity index (χ0v) is 26.5. The SMILES string of the molecule is c1ccc(-c2ccc(-c3nc(-c4ccccc4)nc(-c4ccc(-c5ccc6c(c5)oc5ccc(-c7ccccc7)cc56)cc4)n3)cc2)cc1. The van der Waals surface area contributed by atoms with E-state index in [2.05, 4.69) is 133 Å². The minimum Gasteiger partial charge on any atom is -0.456 e. The van der Waals surface area contributed by atoms with E-state index in [9.17, 15) is 0 Å². The lowest BCUT2D eigenvalue weighted by molar-refractivity contribution is 0.669. The number of furan rings is 1. The topological polar surface area (TPSA) is 51.8 Å². The molecule has 0 aliphatic carbocycles.